The third-order valence-corrected chi connectivity index (χ3v) is 4.71. The van der Waals surface area contributed by atoms with Crippen LogP contribution in [0.15, 0.2) is 55.1 Å². The molecule has 6 nitrogen and oxygen atoms in total. The van der Waals surface area contributed by atoms with Crippen molar-refractivity contribution in [2.45, 2.75) is 20.0 Å². The van der Waals surface area contributed by atoms with Crippen LogP contribution in [0.5, 0.6) is 5.75 Å². The smallest absolute Gasteiger partial charge is 0.418 e. The van der Waals surface area contributed by atoms with Gasteiger partial charge in [0, 0.05) is 12.2 Å². The second kappa shape index (κ2) is 8.33. The van der Waals surface area contributed by atoms with Crippen LogP contribution in [0.25, 0.3) is 0 Å². The number of nitrogens with one attached hydrogen (secondary N) is 2. The molecular weight excluding hydrogens is 411 g/mol. The van der Waals surface area contributed by atoms with Gasteiger partial charge in [-0.25, -0.2) is 4.79 Å². The van der Waals surface area contributed by atoms with Crippen LogP contribution in [0.2, 0.25) is 0 Å². The number of ether oxygens (including phenoxy) is 1. The molecule has 0 spiro atoms. The second-order valence-corrected chi connectivity index (χ2v) is 7.68. The number of rotatable bonds is 4. The van der Waals surface area contributed by atoms with Gasteiger partial charge < -0.3 is 20.3 Å². The highest BCUT2D eigenvalue weighted by atomic mass is 19.4. The first kappa shape index (κ1) is 22.2. The van der Waals surface area contributed by atoms with E-state index < -0.39 is 23.2 Å². The van der Waals surface area contributed by atoms with Gasteiger partial charge >= 0.3 is 12.2 Å². The molecule has 164 valence electrons. The summed E-state index contributed by atoms with van der Waals surface area (Å²) in [6.07, 6.45) is -3.03. The van der Waals surface area contributed by atoms with E-state index in [1.807, 2.05) is 0 Å². The second-order valence-electron chi connectivity index (χ2n) is 7.68. The number of fused-ring (bicyclic) bond motifs is 1. The highest BCUT2D eigenvalue weighted by Gasteiger charge is 2.37. The van der Waals surface area contributed by atoms with E-state index in [9.17, 15) is 22.8 Å². The van der Waals surface area contributed by atoms with Gasteiger partial charge in [0.25, 0.3) is 0 Å². The van der Waals surface area contributed by atoms with E-state index in [1.165, 1.54) is 29.2 Å². The number of alkyl halides is 3. The van der Waals surface area contributed by atoms with Crippen molar-refractivity contribution in [3.05, 3.63) is 60.7 Å². The molecule has 2 N–H and O–H groups in total. The zero-order valence-electron chi connectivity index (χ0n) is 17.0. The summed E-state index contributed by atoms with van der Waals surface area (Å²) in [4.78, 5) is 26.8. The van der Waals surface area contributed by atoms with Gasteiger partial charge in [-0.1, -0.05) is 18.2 Å². The molecule has 3 amide bonds. The van der Waals surface area contributed by atoms with E-state index in [4.69, 9.17) is 4.74 Å². The standard InChI is InChI=1S/C22H22F3N3O3/c1-4-11-28-17-12-14(9-10-18(17)31-13-21(2,3)19(28)29)26-20(30)27-16-8-6-5-7-15(16)22(23,24)25/h4-10,12H,1,11,13H2,2-3H3,(H2,26,27,30). The third-order valence-electron chi connectivity index (χ3n) is 4.71. The molecule has 0 unspecified atom stereocenters. The Bertz CT molecular complexity index is 1020. The van der Waals surface area contributed by atoms with E-state index in [1.54, 1.807) is 32.1 Å². The highest BCUT2D eigenvalue weighted by Crippen LogP contribution is 2.38. The maximum Gasteiger partial charge on any atom is 0.418 e. The molecule has 9 heteroatoms. The molecule has 0 radical (unpaired) electrons. The van der Waals surface area contributed by atoms with Crippen molar-refractivity contribution < 1.29 is 27.5 Å². The predicted octanol–water partition coefficient (Wildman–Crippen LogP) is 5.29. The normalized spacial score (nSPS) is 15.4. The fourth-order valence-corrected chi connectivity index (χ4v) is 3.16. The lowest BCUT2D eigenvalue weighted by molar-refractivity contribution is -0.137. The molecule has 0 fully saturated rings. The predicted molar refractivity (Wildman–Crippen MR) is 112 cm³/mol. The van der Waals surface area contributed by atoms with E-state index in [0.29, 0.717) is 11.4 Å². The number of anilines is 3. The number of halogens is 3. The number of urea groups is 1. The molecule has 2 aromatic carbocycles. The van der Waals surface area contributed by atoms with Crippen molar-refractivity contribution >= 4 is 29.0 Å². The number of para-hydroxylation sites is 1. The summed E-state index contributed by atoms with van der Waals surface area (Å²) in [5.41, 5.74) is -1.37. The van der Waals surface area contributed by atoms with Gasteiger partial charge in [-0.15, -0.1) is 6.58 Å². The molecule has 1 aliphatic heterocycles. The summed E-state index contributed by atoms with van der Waals surface area (Å²) < 4.78 is 45.2. The number of carbonyl (C=O) groups is 2. The molecular formula is C22H22F3N3O3. The van der Waals surface area contributed by atoms with Crippen LogP contribution in [-0.2, 0) is 11.0 Å². The molecule has 0 saturated carbocycles. The average Bonchev–Trinajstić information content (AvgIpc) is 2.78. The van der Waals surface area contributed by atoms with E-state index in [0.717, 1.165) is 6.07 Å². The lowest BCUT2D eigenvalue weighted by Gasteiger charge is -2.27. The van der Waals surface area contributed by atoms with E-state index in [2.05, 4.69) is 17.2 Å². The van der Waals surface area contributed by atoms with Crippen molar-refractivity contribution in [1.29, 1.82) is 0 Å². The lowest BCUT2D eigenvalue weighted by atomic mass is 9.93. The quantitative estimate of drug-likeness (QED) is 0.644. The van der Waals surface area contributed by atoms with Gasteiger partial charge in [0.1, 0.15) is 12.4 Å². The summed E-state index contributed by atoms with van der Waals surface area (Å²) in [6, 6.07) is 8.51. The Morgan fingerprint density at radius 1 is 1.23 bits per heavy atom. The van der Waals surface area contributed by atoms with Crippen molar-refractivity contribution in [2.75, 3.05) is 28.7 Å². The maximum atomic E-state index is 13.1. The van der Waals surface area contributed by atoms with Gasteiger partial charge in [-0.3, -0.25) is 4.79 Å². The Morgan fingerprint density at radius 2 is 1.94 bits per heavy atom. The van der Waals surface area contributed by atoms with Crippen molar-refractivity contribution in [1.82, 2.24) is 0 Å². The molecule has 1 aliphatic rings. The van der Waals surface area contributed by atoms with Gasteiger partial charge in [0.05, 0.1) is 22.4 Å². The van der Waals surface area contributed by atoms with Crippen LogP contribution in [0.3, 0.4) is 0 Å². The molecule has 0 saturated heterocycles. The van der Waals surface area contributed by atoms with Crippen molar-refractivity contribution in [3.8, 4) is 5.75 Å². The SMILES string of the molecule is C=CCN1C(=O)C(C)(C)COc2ccc(NC(=O)Nc3ccccc3C(F)(F)F)cc21. The molecule has 1 heterocycles. The lowest BCUT2D eigenvalue weighted by Crippen LogP contribution is -2.42. The summed E-state index contributed by atoms with van der Waals surface area (Å²) in [5, 5.41) is 4.72. The van der Waals surface area contributed by atoms with E-state index >= 15 is 0 Å². The van der Waals surface area contributed by atoms with Crippen LogP contribution in [0.1, 0.15) is 19.4 Å². The maximum absolute atomic E-state index is 13.1. The van der Waals surface area contributed by atoms with Crippen LogP contribution >= 0.6 is 0 Å². The van der Waals surface area contributed by atoms with Crippen LogP contribution in [0.4, 0.5) is 35.0 Å². The summed E-state index contributed by atoms with van der Waals surface area (Å²) in [5.74, 6) is 0.279. The molecule has 0 bridgehead atoms. The van der Waals surface area contributed by atoms with Crippen LogP contribution in [0, 0.1) is 5.41 Å². The van der Waals surface area contributed by atoms with Crippen LogP contribution in [-0.4, -0.2) is 25.1 Å². The summed E-state index contributed by atoms with van der Waals surface area (Å²) in [7, 11) is 0. The summed E-state index contributed by atoms with van der Waals surface area (Å²) >= 11 is 0. The Balaban J connectivity index is 1.85. The first-order valence-corrected chi connectivity index (χ1v) is 9.47. The Labute approximate surface area is 177 Å². The number of nitrogens with zero attached hydrogens (tertiary/aromatic N) is 1. The highest BCUT2D eigenvalue weighted by molar-refractivity contribution is 6.03. The number of amides is 3. The van der Waals surface area contributed by atoms with Gasteiger partial charge in [0.15, 0.2) is 0 Å². The zero-order valence-corrected chi connectivity index (χ0v) is 17.0. The molecule has 0 aliphatic carbocycles. The Hall–Kier alpha value is -3.49. The van der Waals surface area contributed by atoms with Crippen molar-refractivity contribution in [3.63, 3.8) is 0 Å². The van der Waals surface area contributed by atoms with Gasteiger partial charge in [-0.2, -0.15) is 13.2 Å². The first-order chi connectivity index (χ1) is 14.5. The molecule has 31 heavy (non-hydrogen) atoms. The number of benzene rings is 2. The number of hydrogen-bond acceptors (Lipinski definition) is 3. The monoisotopic (exact) mass is 433 g/mol. The molecule has 3 rings (SSSR count). The Morgan fingerprint density at radius 3 is 2.61 bits per heavy atom. The minimum atomic E-state index is -4.61. The third kappa shape index (κ3) is 4.82. The molecule has 0 aromatic heterocycles. The first-order valence-electron chi connectivity index (χ1n) is 9.47. The van der Waals surface area contributed by atoms with Crippen LogP contribution < -0.4 is 20.3 Å². The largest absolute Gasteiger partial charge is 0.490 e. The minimum Gasteiger partial charge on any atom is -0.490 e. The molecule has 2 aromatic rings. The van der Waals surface area contributed by atoms with Gasteiger partial charge in [-0.05, 0) is 44.2 Å². The van der Waals surface area contributed by atoms with Gasteiger partial charge in [0.2, 0.25) is 5.91 Å². The number of carbonyl (C=O) groups excluding carboxylic acids is 2. The number of hydrogen-bond donors (Lipinski definition) is 2. The average molecular weight is 433 g/mol. The van der Waals surface area contributed by atoms with Crippen molar-refractivity contribution in [2.24, 2.45) is 5.41 Å². The molecule has 0 atom stereocenters. The summed E-state index contributed by atoms with van der Waals surface area (Å²) in [6.45, 7) is 7.62. The van der Waals surface area contributed by atoms with E-state index in [-0.39, 0.29) is 30.4 Å². The minimum absolute atomic E-state index is 0.174. The topological polar surface area (TPSA) is 70.7 Å². The zero-order chi connectivity index (χ0) is 22.8. The fourth-order valence-electron chi connectivity index (χ4n) is 3.16. The Kier molecular flexibility index (Phi) is 5.97. The fraction of sp³-hybridized carbons (Fsp3) is 0.273.